The summed E-state index contributed by atoms with van der Waals surface area (Å²) in [5.41, 5.74) is 1.68. The van der Waals surface area contributed by atoms with Crippen LogP contribution in [0.3, 0.4) is 0 Å². The predicted molar refractivity (Wildman–Crippen MR) is 76.7 cm³/mol. The van der Waals surface area contributed by atoms with E-state index in [-0.39, 0.29) is 10.8 Å². The Kier molecular flexibility index (Phi) is 4.57. The third kappa shape index (κ3) is 3.91. The number of primary sulfonamides is 1. The van der Waals surface area contributed by atoms with Gasteiger partial charge in [-0.3, -0.25) is 4.79 Å². The van der Waals surface area contributed by atoms with Crippen LogP contribution >= 0.6 is 0 Å². The fourth-order valence-corrected chi connectivity index (χ4v) is 2.78. The molecule has 3 N–H and O–H groups in total. The summed E-state index contributed by atoms with van der Waals surface area (Å²) < 4.78 is 22.5. The van der Waals surface area contributed by atoms with Crippen LogP contribution in [0, 0.1) is 0 Å². The average Bonchev–Trinajstić information content (AvgIpc) is 2.91. The molecule has 5 nitrogen and oxygen atoms in total. The smallest absolute Gasteiger partial charge is 0.251 e. The maximum atomic E-state index is 11.9. The molecule has 0 unspecified atom stereocenters. The number of hydrogen-bond acceptors (Lipinski definition) is 3. The number of nitrogens with two attached hydrogens (primary N) is 1. The zero-order chi connectivity index (χ0) is 14.6. The lowest BCUT2D eigenvalue weighted by Crippen LogP contribution is -2.25. The van der Waals surface area contributed by atoms with E-state index in [1.54, 1.807) is 6.07 Å². The Bertz CT molecular complexity index is 636. The van der Waals surface area contributed by atoms with E-state index in [0.717, 1.165) is 19.3 Å². The van der Waals surface area contributed by atoms with Crippen LogP contribution < -0.4 is 10.5 Å². The van der Waals surface area contributed by atoms with Crippen molar-refractivity contribution in [2.24, 2.45) is 5.14 Å². The van der Waals surface area contributed by atoms with Crippen LogP contribution in [0.2, 0.25) is 0 Å². The Morgan fingerprint density at radius 1 is 1.35 bits per heavy atom. The van der Waals surface area contributed by atoms with Crippen molar-refractivity contribution >= 4 is 15.9 Å². The maximum absolute atomic E-state index is 11.9. The van der Waals surface area contributed by atoms with E-state index >= 15 is 0 Å². The summed E-state index contributed by atoms with van der Waals surface area (Å²) in [7, 11) is -3.78. The number of amides is 1. The minimum Gasteiger partial charge on any atom is -0.352 e. The summed E-state index contributed by atoms with van der Waals surface area (Å²) in [6.07, 6.45) is 6.49. The fourth-order valence-electron chi connectivity index (χ4n) is 2.22. The summed E-state index contributed by atoms with van der Waals surface area (Å²) in [6, 6.07) is 5.74. The number of allylic oxidation sites excluding steroid dienone is 1. The molecule has 2 rings (SSSR count). The van der Waals surface area contributed by atoms with Gasteiger partial charge in [-0.15, -0.1) is 0 Å². The summed E-state index contributed by atoms with van der Waals surface area (Å²) in [5.74, 6) is -0.283. The van der Waals surface area contributed by atoms with E-state index in [2.05, 4.69) is 11.4 Å². The van der Waals surface area contributed by atoms with Gasteiger partial charge in [0.05, 0.1) is 4.90 Å². The molecule has 0 radical (unpaired) electrons. The fraction of sp³-hybridized carbons (Fsp3) is 0.357. The van der Waals surface area contributed by atoms with Crippen LogP contribution in [0.1, 0.15) is 36.0 Å². The Balaban J connectivity index is 1.95. The Morgan fingerprint density at radius 2 is 2.15 bits per heavy atom. The van der Waals surface area contributed by atoms with Crippen molar-refractivity contribution in [1.82, 2.24) is 5.32 Å². The quantitative estimate of drug-likeness (QED) is 0.808. The molecule has 0 aromatic heterocycles. The van der Waals surface area contributed by atoms with Crippen molar-refractivity contribution in [2.75, 3.05) is 6.54 Å². The van der Waals surface area contributed by atoms with Gasteiger partial charge in [0.15, 0.2) is 0 Å². The standard InChI is InChI=1S/C14H18N2O3S/c15-20(18,19)13-7-3-6-12(10-13)14(17)16-9-8-11-4-1-2-5-11/h3-4,6-7,10H,1-2,5,8-9H2,(H,16,17)(H2,15,18,19). The molecule has 108 valence electrons. The molecule has 0 saturated carbocycles. The third-order valence-corrected chi connectivity index (χ3v) is 4.20. The number of hydrogen-bond donors (Lipinski definition) is 2. The maximum Gasteiger partial charge on any atom is 0.251 e. The second-order valence-corrected chi connectivity index (χ2v) is 6.39. The summed E-state index contributed by atoms with van der Waals surface area (Å²) in [5, 5.41) is 7.83. The van der Waals surface area contributed by atoms with Gasteiger partial charge in [0.1, 0.15) is 0 Å². The minimum atomic E-state index is -3.78. The van der Waals surface area contributed by atoms with Gasteiger partial charge in [-0.05, 0) is 43.9 Å². The number of nitrogens with one attached hydrogen (secondary N) is 1. The minimum absolute atomic E-state index is 0.0522. The third-order valence-electron chi connectivity index (χ3n) is 3.29. The zero-order valence-corrected chi connectivity index (χ0v) is 11.9. The second kappa shape index (κ2) is 6.19. The summed E-state index contributed by atoms with van der Waals surface area (Å²) in [4.78, 5) is 11.9. The highest BCUT2D eigenvalue weighted by molar-refractivity contribution is 7.89. The molecule has 0 bridgehead atoms. The van der Waals surface area contributed by atoms with Gasteiger partial charge in [0, 0.05) is 12.1 Å². The van der Waals surface area contributed by atoms with Gasteiger partial charge in [-0.1, -0.05) is 17.7 Å². The molecule has 0 spiro atoms. The Labute approximate surface area is 118 Å². The van der Waals surface area contributed by atoms with Crippen LogP contribution in [0.5, 0.6) is 0 Å². The monoisotopic (exact) mass is 294 g/mol. The highest BCUT2D eigenvalue weighted by Crippen LogP contribution is 2.19. The van der Waals surface area contributed by atoms with Gasteiger partial charge in [-0.25, -0.2) is 13.6 Å². The number of carbonyl (C=O) groups is 1. The topological polar surface area (TPSA) is 89.3 Å². The van der Waals surface area contributed by atoms with Crippen molar-refractivity contribution in [2.45, 2.75) is 30.6 Å². The SMILES string of the molecule is NS(=O)(=O)c1cccc(C(=O)NCCC2=CCCC2)c1. The lowest BCUT2D eigenvalue weighted by molar-refractivity contribution is 0.0954. The van der Waals surface area contributed by atoms with Crippen molar-refractivity contribution < 1.29 is 13.2 Å². The van der Waals surface area contributed by atoms with E-state index in [1.165, 1.54) is 30.2 Å². The van der Waals surface area contributed by atoms with Gasteiger partial charge >= 0.3 is 0 Å². The van der Waals surface area contributed by atoms with Gasteiger partial charge < -0.3 is 5.32 Å². The Hall–Kier alpha value is -1.66. The molecule has 6 heteroatoms. The summed E-state index contributed by atoms with van der Waals surface area (Å²) >= 11 is 0. The van der Waals surface area contributed by atoms with Crippen molar-refractivity contribution in [3.05, 3.63) is 41.5 Å². The normalized spacial score (nSPS) is 14.9. The molecule has 0 fully saturated rings. The average molecular weight is 294 g/mol. The van der Waals surface area contributed by atoms with Gasteiger partial charge in [0.2, 0.25) is 10.0 Å². The van der Waals surface area contributed by atoms with E-state index in [4.69, 9.17) is 5.14 Å². The van der Waals surface area contributed by atoms with Crippen LogP contribution in [-0.4, -0.2) is 20.9 Å². The molecule has 1 aliphatic rings. The second-order valence-electron chi connectivity index (χ2n) is 4.83. The highest BCUT2D eigenvalue weighted by atomic mass is 32.2. The van der Waals surface area contributed by atoms with E-state index < -0.39 is 10.0 Å². The number of rotatable bonds is 5. The zero-order valence-electron chi connectivity index (χ0n) is 11.1. The lowest BCUT2D eigenvalue weighted by Gasteiger charge is -2.07. The molecule has 0 saturated heterocycles. The molecule has 0 atom stereocenters. The highest BCUT2D eigenvalue weighted by Gasteiger charge is 2.12. The first kappa shape index (κ1) is 14.7. The van der Waals surface area contributed by atoms with Crippen LogP contribution in [0.4, 0.5) is 0 Å². The molecule has 1 amide bonds. The molecule has 0 heterocycles. The molecule has 1 aromatic carbocycles. The van der Waals surface area contributed by atoms with Crippen molar-refractivity contribution in [3.8, 4) is 0 Å². The first-order valence-electron chi connectivity index (χ1n) is 6.56. The number of benzene rings is 1. The molecule has 20 heavy (non-hydrogen) atoms. The first-order chi connectivity index (χ1) is 9.47. The van der Waals surface area contributed by atoms with E-state index in [1.807, 2.05) is 0 Å². The molecular formula is C14H18N2O3S. The van der Waals surface area contributed by atoms with Crippen molar-refractivity contribution in [1.29, 1.82) is 0 Å². The van der Waals surface area contributed by atoms with Crippen LogP contribution in [0.15, 0.2) is 40.8 Å². The van der Waals surface area contributed by atoms with Gasteiger partial charge in [0.25, 0.3) is 5.91 Å². The van der Waals surface area contributed by atoms with E-state index in [0.29, 0.717) is 12.1 Å². The molecular weight excluding hydrogens is 276 g/mol. The molecule has 1 aromatic rings. The van der Waals surface area contributed by atoms with Gasteiger partial charge in [-0.2, -0.15) is 0 Å². The van der Waals surface area contributed by atoms with E-state index in [9.17, 15) is 13.2 Å². The Morgan fingerprint density at radius 3 is 2.80 bits per heavy atom. The lowest BCUT2D eigenvalue weighted by atomic mass is 10.1. The van der Waals surface area contributed by atoms with Crippen molar-refractivity contribution in [3.63, 3.8) is 0 Å². The number of sulfonamides is 1. The largest absolute Gasteiger partial charge is 0.352 e. The number of carbonyl (C=O) groups excluding carboxylic acids is 1. The molecule has 1 aliphatic carbocycles. The summed E-state index contributed by atoms with van der Waals surface area (Å²) in [6.45, 7) is 0.560. The van der Waals surface area contributed by atoms with Crippen LogP contribution in [-0.2, 0) is 10.0 Å². The molecule has 0 aliphatic heterocycles. The van der Waals surface area contributed by atoms with Crippen LogP contribution in [0.25, 0.3) is 0 Å². The predicted octanol–water partition coefficient (Wildman–Crippen LogP) is 1.56. The first-order valence-corrected chi connectivity index (χ1v) is 8.10.